The number of rotatable bonds is 5. The van der Waals surface area contributed by atoms with E-state index in [4.69, 9.17) is 5.73 Å². The van der Waals surface area contributed by atoms with Crippen LogP contribution in [0.3, 0.4) is 0 Å². The van der Waals surface area contributed by atoms with E-state index < -0.39 is 33.6 Å². The Kier molecular flexibility index (Phi) is 4.43. The monoisotopic (exact) mass is 310 g/mol. The number of anilines is 1. The molecule has 1 aromatic carbocycles. The van der Waals surface area contributed by atoms with Crippen molar-refractivity contribution in [3.63, 3.8) is 0 Å². The zero-order chi connectivity index (χ0) is 15.4. The summed E-state index contributed by atoms with van der Waals surface area (Å²) >= 11 is 1.43. The number of carbonyl (C=O) groups is 1. The summed E-state index contributed by atoms with van der Waals surface area (Å²) in [5.41, 5.74) is 6.47. The van der Waals surface area contributed by atoms with E-state index in [0.29, 0.717) is 6.42 Å². The molecule has 3 N–H and O–H groups in total. The maximum Gasteiger partial charge on any atom is 0.293 e. The molecule has 9 heteroatoms. The van der Waals surface area contributed by atoms with Crippen molar-refractivity contribution in [1.82, 2.24) is 10.3 Å². The highest BCUT2D eigenvalue weighted by Crippen LogP contribution is 2.27. The highest BCUT2D eigenvalue weighted by Gasteiger charge is 2.23. The van der Waals surface area contributed by atoms with E-state index in [0.717, 1.165) is 17.8 Å². The van der Waals surface area contributed by atoms with Gasteiger partial charge in [0.05, 0.1) is 16.1 Å². The Morgan fingerprint density at radius 2 is 2.29 bits per heavy atom. The van der Waals surface area contributed by atoms with Gasteiger partial charge in [-0.1, -0.05) is 0 Å². The van der Waals surface area contributed by atoms with Crippen LogP contribution in [0.1, 0.15) is 16.1 Å². The molecular weight excluding hydrogens is 299 g/mol. The number of nitrogens with zero attached hydrogens (tertiary/aromatic N) is 2. The van der Waals surface area contributed by atoms with Gasteiger partial charge in [0.15, 0.2) is 0 Å². The number of thiazole rings is 1. The Morgan fingerprint density at radius 1 is 1.52 bits per heavy atom. The summed E-state index contributed by atoms with van der Waals surface area (Å²) in [5, 5.41) is 15.0. The van der Waals surface area contributed by atoms with Crippen molar-refractivity contribution >= 4 is 28.6 Å². The third kappa shape index (κ3) is 3.31. The van der Waals surface area contributed by atoms with Crippen LogP contribution in [-0.4, -0.2) is 22.4 Å². The quantitative estimate of drug-likeness (QED) is 0.496. The third-order valence-electron chi connectivity index (χ3n) is 2.75. The fourth-order valence-corrected chi connectivity index (χ4v) is 2.32. The number of nitrogens with two attached hydrogens (primary N) is 1. The van der Waals surface area contributed by atoms with E-state index in [1.54, 1.807) is 5.51 Å². The average molecular weight is 310 g/mol. The lowest BCUT2D eigenvalue weighted by Crippen LogP contribution is -2.27. The van der Waals surface area contributed by atoms with Gasteiger partial charge in [-0.15, -0.1) is 11.3 Å². The van der Waals surface area contributed by atoms with Crippen molar-refractivity contribution in [2.24, 2.45) is 0 Å². The smallest absolute Gasteiger partial charge is 0.293 e. The summed E-state index contributed by atoms with van der Waals surface area (Å²) in [7, 11) is 0. The predicted molar refractivity (Wildman–Crippen MR) is 75.6 cm³/mol. The number of hydrogen-bond acceptors (Lipinski definition) is 6. The molecule has 0 aliphatic carbocycles. The SMILES string of the molecule is Nc1c([N+](=O)[O-])ccc(F)c1C(=O)NCCc1cscn1. The number of nitrogens with one attached hydrogen (secondary N) is 1. The van der Waals surface area contributed by atoms with Gasteiger partial charge in [0.2, 0.25) is 0 Å². The van der Waals surface area contributed by atoms with Crippen molar-refractivity contribution < 1.29 is 14.1 Å². The second-order valence-corrected chi connectivity index (χ2v) is 4.82. The minimum Gasteiger partial charge on any atom is -0.392 e. The summed E-state index contributed by atoms with van der Waals surface area (Å²) < 4.78 is 13.7. The van der Waals surface area contributed by atoms with E-state index in [2.05, 4.69) is 10.3 Å². The zero-order valence-corrected chi connectivity index (χ0v) is 11.5. The van der Waals surface area contributed by atoms with E-state index in [9.17, 15) is 19.3 Å². The highest BCUT2D eigenvalue weighted by molar-refractivity contribution is 7.07. The van der Waals surface area contributed by atoms with Crippen LogP contribution >= 0.6 is 11.3 Å². The van der Waals surface area contributed by atoms with Crippen molar-refractivity contribution in [3.8, 4) is 0 Å². The Bertz CT molecular complexity index is 675. The largest absolute Gasteiger partial charge is 0.392 e. The van der Waals surface area contributed by atoms with Crippen LogP contribution in [0.15, 0.2) is 23.0 Å². The molecule has 0 bridgehead atoms. The molecule has 0 aliphatic rings. The van der Waals surface area contributed by atoms with Crippen molar-refractivity contribution in [1.29, 1.82) is 0 Å². The summed E-state index contributed by atoms with van der Waals surface area (Å²) in [5.74, 6) is -1.69. The number of carbonyl (C=O) groups excluding carboxylic acids is 1. The topological polar surface area (TPSA) is 111 Å². The van der Waals surface area contributed by atoms with Gasteiger partial charge in [-0.25, -0.2) is 9.37 Å². The van der Waals surface area contributed by atoms with E-state index in [1.165, 1.54) is 11.3 Å². The first-order chi connectivity index (χ1) is 10.0. The molecule has 2 rings (SSSR count). The minimum absolute atomic E-state index is 0.226. The van der Waals surface area contributed by atoms with Gasteiger partial charge in [-0.2, -0.15) is 0 Å². The van der Waals surface area contributed by atoms with Gasteiger partial charge in [-0.3, -0.25) is 14.9 Å². The molecule has 2 aromatic rings. The zero-order valence-electron chi connectivity index (χ0n) is 10.7. The lowest BCUT2D eigenvalue weighted by Gasteiger charge is -2.08. The number of hydrogen-bond donors (Lipinski definition) is 2. The predicted octanol–water partition coefficient (Wildman–Crippen LogP) is 1.75. The lowest BCUT2D eigenvalue weighted by molar-refractivity contribution is -0.384. The van der Waals surface area contributed by atoms with Gasteiger partial charge < -0.3 is 11.1 Å². The molecule has 0 unspecified atom stereocenters. The van der Waals surface area contributed by atoms with Gasteiger partial charge >= 0.3 is 0 Å². The van der Waals surface area contributed by atoms with E-state index in [-0.39, 0.29) is 6.54 Å². The number of amides is 1. The van der Waals surface area contributed by atoms with Gasteiger partial charge in [0.25, 0.3) is 11.6 Å². The van der Waals surface area contributed by atoms with Crippen molar-refractivity contribution in [2.45, 2.75) is 6.42 Å². The summed E-state index contributed by atoms with van der Waals surface area (Å²) in [4.78, 5) is 25.9. The minimum atomic E-state index is -0.899. The molecule has 1 amide bonds. The Balaban J connectivity index is 2.11. The standard InChI is InChI=1S/C12H11FN4O3S/c13-8-1-2-9(17(19)20)11(14)10(8)12(18)15-4-3-7-5-21-6-16-7/h1-2,5-6H,3-4,14H2,(H,15,18). The van der Waals surface area contributed by atoms with Crippen molar-refractivity contribution in [2.75, 3.05) is 12.3 Å². The van der Waals surface area contributed by atoms with Crippen LogP contribution in [0.5, 0.6) is 0 Å². The van der Waals surface area contributed by atoms with E-state index >= 15 is 0 Å². The normalized spacial score (nSPS) is 10.3. The number of halogens is 1. The maximum absolute atomic E-state index is 13.7. The Labute approximate surface area is 122 Å². The Morgan fingerprint density at radius 3 is 2.90 bits per heavy atom. The first-order valence-corrected chi connectivity index (χ1v) is 6.82. The molecule has 0 saturated heterocycles. The molecule has 0 aliphatic heterocycles. The van der Waals surface area contributed by atoms with Crippen LogP contribution in [-0.2, 0) is 6.42 Å². The van der Waals surface area contributed by atoms with E-state index in [1.807, 2.05) is 5.38 Å². The second-order valence-electron chi connectivity index (χ2n) is 4.10. The third-order valence-corrected chi connectivity index (χ3v) is 3.38. The van der Waals surface area contributed by atoms with Crippen LogP contribution in [0, 0.1) is 15.9 Å². The van der Waals surface area contributed by atoms with Gasteiger partial charge in [0, 0.05) is 24.4 Å². The van der Waals surface area contributed by atoms with Crippen LogP contribution in [0.2, 0.25) is 0 Å². The van der Waals surface area contributed by atoms with Gasteiger partial charge in [-0.05, 0) is 6.07 Å². The maximum atomic E-state index is 13.7. The fourth-order valence-electron chi connectivity index (χ4n) is 1.73. The number of nitrogen functional groups attached to an aromatic ring is 1. The lowest BCUT2D eigenvalue weighted by atomic mass is 10.1. The summed E-state index contributed by atoms with van der Waals surface area (Å²) in [6.45, 7) is 0.226. The van der Waals surface area contributed by atoms with Crippen LogP contribution in [0.25, 0.3) is 0 Å². The average Bonchev–Trinajstić information content (AvgIpc) is 2.91. The number of nitro groups is 1. The van der Waals surface area contributed by atoms with Crippen molar-refractivity contribution in [3.05, 3.63) is 50.2 Å². The first kappa shape index (κ1) is 14.9. The van der Waals surface area contributed by atoms with Gasteiger partial charge in [0.1, 0.15) is 17.1 Å². The highest BCUT2D eigenvalue weighted by atomic mass is 32.1. The number of benzene rings is 1. The number of nitro benzene ring substituents is 1. The summed E-state index contributed by atoms with van der Waals surface area (Å²) in [6, 6.07) is 1.78. The summed E-state index contributed by atoms with van der Waals surface area (Å²) in [6.07, 6.45) is 0.478. The second kappa shape index (κ2) is 6.27. The first-order valence-electron chi connectivity index (χ1n) is 5.88. The number of aromatic nitrogens is 1. The molecule has 0 atom stereocenters. The van der Waals surface area contributed by atoms with Crippen LogP contribution < -0.4 is 11.1 Å². The molecule has 1 heterocycles. The molecule has 0 radical (unpaired) electrons. The molecule has 1 aromatic heterocycles. The Hall–Kier alpha value is -2.55. The van der Waals surface area contributed by atoms with Crippen LogP contribution in [0.4, 0.5) is 15.8 Å². The molecule has 0 fully saturated rings. The molecule has 0 saturated carbocycles. The molecule has 0 spiro atoms. The molecule has 21 heavy (non-hydrogen) atoms. The molecule has 110 valence electrons. The molecular formula is C12H11FN4O3S. The fraction of sp³-hybridized carbons (Fsp3) is 0.167. The molecule has 7 nitrogen and oxygen atoms in total.